The van der Waals surface area contributed by atoms with Crippen molar-refractivity contribution in [2.45, 2.75) is 134 Å². The zero-order chi connectivity index (χ0) is 68.6. The summed E-state index contributed by atoms with van der Waals surface area (Å²) in [4.78, 5) is 161. The van der Waals surface area contributed by atoms with Crippen LogP contribution < -0.4 is 75.9 Å². The van der Waals surface area contributed by atoms with Crippen molar-refractivity contribution in [3.05, 3.63) is 138 Å². The van der Waals surface area contributed by atoms with Crippen LogP contribution in [0.4, 0.5) is 4.79 Å². The molecule has 0 spiro atoms. The van der Waals surface area contributed by atoms with Gasteiger partial charge in [0, 0.05) is 80.4 Å². The van der Waals surface area contributed by atoms with Crippen molar-refractivity contribution < 1.29 is 63.0 Å². The van der Waals surface area contributed by atoms with E-state index in [-0.39, 0.29) is 69.1 Å². The van der Waals surface area contributed by atoms with E-state index in [1.54, 1.807) is 93.0 Å². The third-order valence-corrected chi connectivity index (χ3v) is 15.1. The van der Waals surface area contributed by atoms with E-state index < -0.39 is 126 Å². The molecule has 0 radical (unpaired) electrons. The summed E-state index contributed by atoms with van der Waals surface area (Å²) in [6, 6.07) is 15.6. The molecule has 4 aromatic carbocycles. The van der Waals surface area contributed by atoms with Gasteiger partial charge in [0.2, 0.25) is 53.2 Å². The number of aromatic nitrogens is 2. The number of carbonyl (C=O) groups excluding carboxylic acids is 11. The first-order valence-corrected chi connectivity index (χ1v) is 30.4. The summed E-state index contributed by atoms with van der Waals surface area (Å²) in [5.74, 6) is -9.42. The highest BCUT2D eigenvalue weighted by Gasteiger charge is 2.36. The third-order valence-electron chi connectivity index (χ3n) is 15.1. The van der Waals surface area contributed by atoms with Gasteiger partial charge in [0.05, 0.1) is 12.5 Å². The standard InChI is InChI=1S/C64H83N17O13/c1-34(2)26-48(57(88)73-46(20-13-25-69-63(67)68-5)56(87)74-47(55(66)86)29-39-32-70-44-18-11-9-16-42(39)44)78-64(94)81-80-61(92)50(27-37-14-7-6-8-15-37)77-62(93)54(35(3)82)79-60(91)52(31-53(65)85)76-59(90)51(30-40-33-71-45-19-12-10-17-43(40)45)75-58(89)49(72-36(4)83)28-38-21-23-41(84)24-22-38/h6-12,14-19,21-24,32-35,46-52,54,70-71,82,84H,13,20,25-31H2,1-5H3,(H2,65,85)(H2,66,86)(H,72,83)(H,73,88)(H,74,87)(H,75,89)(H,76,90)(H,77,93)(H,79,91)(H,80,92)(H3,67,68,69)(H2,78,81,94). The van der Waals surface area contributed by atoms with Crippen LogP contribution in [0, 0.1) is 5.92 Å². The van der Waals surface area contributed by atoms with Crippen molar-refractivity contribution >= 4 is 92.9 Å². The number of hydrogen-bond acceptors (Lipinski definition) is 14. The predicted octanol–water partition coefficient (Wildman–Crippen LogP) is -1.16. The maximum atomic E-state index is 14.5. The van der Waals surface area contributed by atoms with Crippen molar-refractivity contribution in [2.24, 2.45) is 28.1 Å². The molecule has 2 heterocycles. The Morgan fingerprint density at radius 3 is 1.54 bits per heavy atom. The molecule has 0 bridgehead atoms. The minimum Gasteiger partial charge on any atom is -0.508 e. The Kier molecular flexibility index (Phi) is 26.8. The summed E-state index contributed by atoms with van der Waals surface area (Å²) in [6.07, 6.45) is 0.541. The van der Waals surface area contributed by atoms with Gasteiger partial charge >= 0.3 is 6.03 Å². The predicted molar refractivity (Wildman–Crippen MR) is 348 cm³/mol. The molecule has 12 amide bonds. The average molecular weight is 1300 g/mol. The first-order valence-electron chi connectivity index (χ1n) is 30.4. The van der Waals surface area contributed by atoms with Gasteiger partial charge < -0.3 is 85.2 Å². The number of nitrogens with two attached hydrogens (primary N) is 3. The zero-order valence-electron chi connectivity index (χ0n) is 52.7. The number of fused-ring (bicyclic) bond motifs is 2. The second-order valence-corrected chi connectivity index (χ2v) is 23.0. The zero-order valence-corrected chi connectivity index (χ0v) is 52.7. The van der Waals surface area contributed by atoms with Gasteiger partial charge in [0.1, 0.15) is 54.1 Å². The van der Waals surface area contributed by atoms with Crippen molar-refractivity contribution in [1.82, 2.24) is 68.7 Å². The van der Waals surface area contributed by atoms with Crippen LogP contribution in [0.2, 0.25) is 0 Å². The van der Waals surface area contributed by atoms with Gasteiger partial charge in [-0.1, -0.05) is 92.7 Å². The van der Waals surface area contributed by atoms with E-state index in [1.165, 1.54) is 26.1 Å². The van der Waals surface area contributed by atoms with E-state index in [1.807, 2.05) is 24.3 Å². The van der Waals surface area contributed by atoms with Gasteiger partial charge in [-0.2, -0.15) is 0 Å². The first-order chi connectivity index (χ1) is 44.8. The van der Waals surface area contributed by atoms with Crippen LogP contribution in [0.3, 0.4) is 0 Å². The molecule has 0 aliphatic rings. The number of H-pyrrole nitrogens is 2. The van der Waals surface area contributed by atoms with E-state index in [0.29, 0.717) is 33.2 Å². The smallest absolute Gasteiger partial charge is 0.334 e. The molecule has 0 saturated heterocycles. The van der Waals surface area contributed by atoms with Crippen LogP contribution in [0.15, 0.2) is 121 Å². The van der Waals surface area contributed by atoms with Gasteiger partial charge in [-0.3, -0.25) is 58.4 Å². The number of nitrogens with one attached hydrogen (secondary N) is 13. The summed E-state index contributed by atoms with van der Waals surface area (Å²) in [5, 5.41) is 45.6. The summed E-state index contributed by atoms with van der Waals surface area (Å²) in [7, 11) is 1.48. The fraction of sp³-hybridized carbons (Fsp3) is 0.375. The minimum atomic E-state index is -1.90. The van der Waals surface area contributed by atoms with Crippen LogP contribution in [0.5, 0.6) is 5.75 Å². The molecule has 0 aliphatic heterocycles. The fourth-order valence-electron chi connectivity index (χ4n) is 10.2. The number of aromatic amines is 2. The number of phenols is 1. The highest BCUT2D eigenvalue weighted by atomic mass is 16.3. The molecule has 9 unspecified atom stereocenters. The van der Waals surface area contributed by atoms with E-state index in [2.05, 4.69) is 73.7 Å². The van der Waals surface area contributed by atoms with E-state index in [0.717, 1.165) is 17.8 Å². The summed E-state index contributed by atoms with van der Waals surface area (Å²) in [6.45, 7) is 6.11. The molecule has 0 aliphatic carbocycles. The van der Waals surface area contributed by atoms with Crippen molar-refractivity contribution in [2.75, 3.05) is 13.6 Å². The highest BCUT2D eigenvalue weighted by molar-refractivity contribution is 5.99. The van der Waals surface area contributed by atoms with Gasteiger partial charge in [-0.05, 0) is 78.6 Å². The minimum absolute atomic E-state index is 0.0123. The quantitative estimate of drug-likeness (QED) is 0.0100. The molecule has 502 valence electrons. The molecule has 9 atom stereocenters. The Morgan fingerprint density at radius 2 is 0.989 bits per heavy atom. The Balaban J connectivity index is 1.16. The molecular weight excluding hydrogens is 1210 g/mol. The molecule has 30 nitrogen and oxygen atoms in total. The topological polar surface area (TPSA) is 483 Å². The number of aliphatic imine (C=N–C) groups is 1. The molecule has 6 rings (SSSR count). The highest BCUT2D eigenvalue weighted by Crippen LogP contribution is 2.22. The number of primary amides is 2. The van der Waals surface area contributed by atoms with Crippen LogP contribution in [-0.2, 0) is 73.6 Å². The number of aromatic hydroxyl groups is 1. The van der Waals surface area contributed by atoms with Crippen LogP contribution in [0.1, 0.15) is 75.6 Å². The summed E-state index contributed by atoms with van der Waals surface area (Å²) < 4.78 is 0. The summed E-state index contributed by atoms with van der Waals surface area (Å²) in [5.41, 5.74) is 25.4. The van der Waals surface area contributed by atoms with Gasteiger partial charge in [-0.25, -0.2) is 10.2 Å². The van der Waals surface area contributed by atoms with E-state index in [4.69, 9.17) is 17.2 Å². The van der Waals surface area contributed by atoms with Gasteiger partial charge in [-0.15, -0.1) is 0 Å². The number of nitrogens with zero attached hydrogens (tertiary/aromatic N) is 1. The normalized spacial score (nSPS) is 14.2. The molecule has 6 aromatic rings. The number of benzene rings is 4. The number of amides is 12. The Morgan fingerprint density at radius 1 is 0.511 bits per heavy atom. The average Bonchev–Trinajstić information content (AvgIpc) is 1.64. The number of phenolic OH excluding ortho intramolecular Hbond substituents is 1. The molecule has 2 aromatic heterocycles. The van der Waals surface area contributed by atoms with Crippen LogP contribution in [-0.4, -0.2) is 159 Å². The van der Waals surface area contributed by atoms with Crippen molar-refractivity contribution in [3.8, 4) is 5.75 Å². The second-order valence-electron chi connectivity index (χ2n) is 23.0. The molecule has 21 N–H and O–H groups in total. The number of para-hydroxylation sites is 2. The fourth-order valence-corrected chi connectivity index (χ4v) is 10.2. The van der Waals surface area contributed by atoms with Crippen molar-refractivity contribution in [3.63, 3.8) is 0 Å². The van der Waals surface area contributed by atoms with Gasteiger partial charge in [0.15, 0.2) is 5.96 Å². The van der Waals surface area contributed by atoms with E-state index >= 15 is 0 Å². The first kappa shape index (κ1) is 72.0. The Bertz CT molecular complexity index is 3670. The number of carbonyl (C=O) groups is 11. The Labute approximate surface area is 541 Å². The lowest BCUT2D eigenvalue weighted by atomic mass is 10.0. The lowest BCUT2D eigenvalue weighted by Crippen LogP contribution is -2.62. The maximum absolute atomic E-state index is 14.5. The third kappa shape index (κ3) is 22.1. The number of guanidine groups is 1. The molecule has 94 heavy (non-hydrogen) atoms. The number of aliphatic hydroxyl groups is 1. The SMILES string of the molecule is CN=C(N)NCCCC(NC(=O)C(CC(C)C)NC(=O)NNC(=O)C(Cc1ccccc1)NC(=O)C(NC(=O)C(CC(N)=O)NC(=O)C(Cc1c[nH]c2ccccc12)NC(=O)C(Cc1ccc(O)cc1)NC(C)=O)C(C)O)C(=O)NC(Cc1c[nH]c2ccccc12)C(N)=O. The number of aliphatic hydroxyl groups excluding tert-OH is 1. The monoisotopic (exact) mass is 1300 g/mol. The van der Waals surface area contributed by atoms with Crippen molar-refractivity contribution in [1.29, 1.82) is 0 Å². The molecule has 0 saturated carbocycles. The summed E-state index contributed by atoms with van der Waals surface area (Å²) >= 11 is 0. The molecule has 30 heteroatoms. The Hall–Kier alpha value is -11.0. The number of rotatable bonds is 33. The number of hydrazine groups is 1. The number of hydrogen-bond donors (Lipinski definition) is 18. The largest absolute Gasteiger partial charge is 0.508 e. The molecule has 0 fully saturated rings. The molecular formula is C64H83N17O13. The lowest BCUT2D eigenvalue weighted by molar-refractivity contribution is -0.137. The second kappa shape index (κ2) is 35.0. The van der Waals surface area contributed by atoms with Crippen LogP contribution >= 0.6 is 0 Å². The van der Waals surface area contributed by atoms with E-state index in [9.17, 15) is 63.0 Å². The maximum Gasteiger partial charge on any atom is 0.334 e. The van der Waals surface area contributed by atoms with Gasteiger partial charge in [0.25, 0.3) is 5.91 Å². The van der Waals surface area contributed by atoms with Crippen LogP contribution in [0.25, 0.3) is 21.8 Å². The number of urea groups is 1. The lowest BCUT2D eigenvalue weighted by Gasteiger charge is -2.28.